The molecule has 0 unspecified atom stereocenters. The first-order chi connectivity index (χ1) is 17.9. The van der Waals surface area contributed by atoms with E-state index in [0.29, 0.717) is 0 Å². The lowest BCUT2D eigenvalue weighted by Gasteiger charge is -2.38. The van der Waals surface area contributed by atoms with E-state index in [-0.39, 0.29) is 0 Å². The summed E-state index contributed by atoms with van der Waals surface area (Å²) in [5, 5.41) is 8.90. The number of fused-ring (bicyclic) bond motifs is 1. The second-order valence-corrected chi connectivity index (χ2v) is 9.24. The second kappa shape index (κ2) is 14.3. The van der Waals surface area contributed by atoms with Crippen LogP contribution in [0.15, 0.2) is 61.3 Å². The number of hydrogen-bond donors (Lipinski definition) is 2. The smallest absolute Gasteiger partial charge is 0.0741 e. The molecule has 4 rings (SSSR count). The van der Waals surface area contributed by atoms with Gasteiger partial charge in [-0.3, -0.25) is 0 Å². The zero-order valence-electron chi connectivity index (χ0n) is 23.7. The topological polar surface area (TPSA) is 69.2 Å². The highest BCUT2D eigenvalue weighted by Crippen LogP contribution is 2.32. The largest absolute Gasteiger partial charge is 0.372 e. The number of rotatable bonds is 6. The molecule has 2 heterocycles. The van der Waals surface area contributed by atoms with E-state index in [4.69, 9.17) is 10.4 Å². The van der Waals surface area contributed by atoms with Crippen molar-refractivity contribution in [3.8, 4) is 11.3 Å². The van der Waals surface area contributed by atoms with Crippen LogP contribution in [-0.4, -0.2) is 54.2 Å². The lowest BCUT2D eigenvalue weighted by molar-refractivity contribution is 0.215. The number of nitrogens with one attached hydrogen (secondary N) is 1. The van der Waals surface area contributed by atoms with Crippen molar-refractivity contribution in [2.45, 2.75) is 47.5 Å². The van der Waals surface area contributed by atoms with Crippen molar-refractivity contribution in [3.63, 3.8) is 0 Å². The monoisotopic (exact) mass is 499 g/mol. The zero-order chi connectivity index (χ0) is 27.5. The molecule has 1 fully saturated rings. The molecule has 1 saturated heterocycles. The van der Waals surface area contributed by atoms with E-state index < -0.39 is 0 Å². The second-order valence-electron chi connectivity index (χ2n) is 9.24. The van der Waals surface area contributed by atoms with Crippen LogP contribution >= 0.6 is 0 Å². The average molecular weight is 500 g/mol. The maximum Gasteiger partial charge on any atom is 0.0741 e. The zero-order valence-corrected chi connectivity index (χ0v) is 23.7. The highest BCUT2D eigenvalue weighted by molar-refractivity contribution is 6.00. The maximum atomic E-state index is 7.79. The Kier molecular flexibility index (Phi) is 11.5. The van der Waals surface area contributed by atoms with Gasteiger partial charge in [0.2, 0.25) is 0 Å². The number of aryl methyl sites for hydroxylation is 1. The number of nitrogens with two attached hydrogens (primary N) is 1. The average Bonchev–Trinajstić information content (AvgIpc) is 2.93. The number of piperazine rings is 1. The van der Waals surface area contributed by atoms with Gasteiger partial charge in [-0.2, -0.15) is 0 Å². The number of aromatic nitrogens is 1. The summed E-state index contributed by atoms with van der Waals surface area (Å²) >= 11 is 0. The summed E-state index contributed by atoms with van der Waals surface area (Å²) < 4.78 is 0. The Bertz CT molecular complexity index is 1200. The molecular formula is C32H45N5. The van der Waals surface area contributed by atoms with E-state index in [1.165, 1.54) is 30.8 Å². The number of benzene rings is 2. The minimum Gasteiger partial charge on any atom is -0.372 e. The molecule has 0 radical (unpaired) electrons. The molecule has 1 aliphatic rings. The Hall–Kier alpha value is -3.44. The Morgan fingerprint density at radius 1 is 0.973 bits per heavy atom. The Balaban J connectivity index is 0.000000898. The van der Waals surface area contributed by atoms with Crippen LogP contribution in [0, 0.1) is 12.3 Å². The van der Waals surface area contributed by atoms with Gasteiger partial charge >= 0.3 is 0 Å². The SMILES string of the molecule is C=C(C)N1CCN(C(=C)c2ccc(-c3nc4cccc(C=N)c4c(CC)c3C)cc2)CC1.CCC.CN. The minimum absolute atomic E-state index is 0.910. The van der Waals surface area contributed by atoms with Gasteiger partial charge in [0.15, 0.2) is 0 Å². The molecule has 0 aliphatic carbocycles. The van der Waals surface area contributed by atoms with Crippen molar-refractivity contribution in [2.75, 3.05) is 33.2 Å². The quantitative estimate of drug-likeness (QED) is 0.363. The van der Waals surface area contributed by atoms with Crippen LogP contribution in [0.3, 0.4) is 0 Å². The van der Waals surface area contributed by atoms with Gasteiger partial charge in [-0.25, -0.2) is 4.98 Å². The lowest BCUT2D eigenvalue weighted by Crippen LogP contribution is -2.44. The summed E-state index contributed by atoms with van der Waals surface area (Å²) in [5.41, 5.74) is 14.3. The van der Waals surface area contributed by atoms with E-state index in [0.717, 1.165) is 77.3 Å². The normalized spacial score (nSPS) is 12.7. The van der Waals surface area contributed by atoms with Crippen molar-refractivity contribution < 1.29 is 0 Å². The van der Waals surface area contributed by atoms with Crippen LogP contribution in [0.4, 0.5) is 0 Å². The molecule has 1 aromatic heterocycles. The van der Waals surface area contributed by atoms with Crippen molar-refractivity contribution in [3.05, 3.63) is 83.6 Å². The molecule has 198 valence electrons. The molecule has 5 nitrogen and oxygen atoms in total. The molecule has 37 heavy (non-hydrogen) atoms. The summed E-state index contributed by atoms with van der Waals surface area (Å²) in [6, 6.07) is 14.7. The predicted octanol–water partition coefficient (Wildman–Crippen LogP) is 6.88. The van der Waals surface area contributed by atoms with Crippen LogP contribution in [-0.2, 0) is 6.42 Å². The molecule has 3 aromatic rings. The first-order valence-electron chi connectivity index (χ1n) is 13.3. The van der Waals surface area contributed by atoms with Gasteiger partial charge in [0.1, 0.15) is 0 Å². The molecule has 2 aromatic carbocycles. The fourth-order valence-electron chi connectivity index (χ4n) is 4.72. The molecule has 0 amide bonds. The summed E-state index contributed by atoms with van der Waals surface area (Å²) in [6.45, 7) is 23.0. The van der Waals surface area contributed by atoms with Gasteiger partial charge in [-0.05, 0) is 50.1 Å². The van der Waals surface area contributed by atoms with Gasteiger partial charge in [-0.1, -0.05) is 76.7 Å². The molecule has 0 bridgehead atoms. The number of nitrogens with zero attached hydrogens (tertiary/aromatic N) is 3. The van der Waals surface area contributed by atoms with Crippen molar-refractivity contribution in [1.82, 2.24) is 14.8 Å². The summed E-state index contributed by atoms with van der Waals surface area (Å²) in [6.07, 6.45) is 3.59. The van der Waals surface area contributed by atoms with E-state index in [1.807, 2.05) is 18.2 Å². The number of hydrogen-bond acceptors (Lipinski definition) is 5. The van der Waals surface area contributed by atoms with Crippen LogP contribution in [0.5, 0.6) is 0 Å². The first-order valence-corrected chi connectivity index (χ1v) is 13.3. The predicted molar refractivity (Wildman–Crippen MR) is 162 cm³/mol. The minimum atomic E-state index is 0.910. The summed E-state index contributed by atoms with van der Waals surface area (Å²) in [5.74, 6) is 0. The highest BCUT2D eigenvalue weighted by Gasteiger charge is 2.19. The molecule has 0 atom stereocenters. The van der Waals surface area contributed by atoms with E-state index in [9.17, 15) is 0 Å². The molecule has 0 saturated carbocycles. The van der Waals surface area contributed by atoms with Crippen LogP contribution in [0.2, 0.25) is 0 Å². The molecule has 5 heteroatoms. The summed E-state index contributed by atoms with van der Waals surface area (Å²) in [7, 11) is 1.50. The van der Waals surface area contributed by atoms with Gasteiger partial charge < -0.3 is 20.9 Å². The molecule has 3 N–H and O–H groups in total. The fourth-order valence-corrected chi connectivity index (χ4v) is 4.72. The van der Waals surface area contributed by atoms with Gasteiger partial charge in [0.25, 0.3) is 0 Å². The van der Waals surface area contributed by atoms with Crippen LogP contribution in [0.25, 0.3) is 27.9 Å². The van der Waals surface area contributed by atoms with Crippen molar-refractivity contribution in [1.29, 1.82) is 5.41 Å². The molecular weight excluding hydrogens is 454 g/mol. The number of allylic oxidation sites excluding steroid dienone is 1. The van der Waals surface area contributed by atoms with E-state index >= 15 is 0 Å². The third-order valence-corrected chi connectivity index (χ3v) is 6.62. The Morgan fingerprint density at radius 3 is 2.05 bits per heavy atom. The van der Waals surface area contributed by atoms with Crippen molar-refractivity contribution >= 4 is 22.8 Å². The molecule has 1 aliphatic heterocycles. The van der Waals surface area contributed by atoms with Crippen LogP contribution in [0.1, 0.15) is 56.4 Å². The molecule has 0 spiro atoms. The van der Waals surface area contributed by atoms with Gasteiger partial charge in [-0.15, -0.1) is 0 Å². The standard InChI is InChI=1S/C28H32N4.C3H8.CH5N/c1-6-25-20(4)28(30-26-9-7-8-24(18-29)27(25)26)23-12-10-22(11-13-23)21(5)32-16-14-31(15-17-32)19(2)3;1-3-2;1-2/h7-13,18,29H,2,5-6,14-17H2,1,3-4H3;3H2,1-2H3;2H2,1H3. The highest BCUT2D eigenvalue weighted by atomic mass is 15.3. The number of pyridine rings is 1. The van der Waals surface area contributed by atoms with Crippen LogP contribution < -0.4 is 5.73 Å². The summed E-state index contributed by atoms with van der Waals surface area (Å²) in [4.78, 5) is 9.69. The first kappa shape index (κ1) is 29.8. The maximum absolute atomic E-state index is 7.79. The van der Waals surface area contributed by atoms with E-state index in [1.54, 1.807) is 0 Å². The third kappa shape index (κ3) is 6.86. The van der Waals surface area contributed by atoms with Gasteiger partial charge in [0, 0.05) is 60.3 Å². The Labute approximate surface area is 224 Å². The fraction of sp³-hybridized carbons (Fsp3) is 0.375. The lowest BCUT2D eigenvalue weighted by atomic mass is 9.93. The Morgan fingerprint density at radius 2 is 1.54 bits per heavy atom. The third-order valence-electron chi connectivity index (χ3n) is 6.62. The van der Waals surface area contributed by atoms with Crippen molar-refractivity contribution in [2.24, 2.45) is 5.73 Å². The van der Waals surface area contributed by atoms with E-state index in [2.05, 4.69) is 87.6 Å². The van der Waals surface area contributed by atoms with Gasteiger partial charge in [0.05, 0.1) is 11.2 Å².